The Hall–Kier alpha value is -3.57. The monoisotopic (exact) mass is 479 g/mol. The fourth-order valence-electron chi connectivity index (χ4n) is 4.44. The second kappa shape index (κ2) is 13.4. The highest BCUT2D eigenvalue weighted by Crippen LogP contribution is 2.40. The number of carbonyl (C=O) groups excluding carboxylic acids is 1. The lowest BCUT2D eigenvalue weighted by atomic mass is 9.68. The number of nitrogens with one attached hydrogen (secondary N) is 3. The van der Waals surface area contributed by atoms with Crippen LogP contribution in [0.15, 0.2) is 59.6 Å². The molecule has 1 saturated carbocycles. The molecule has 1 aliphatic carbocycles. The summed E-state index contributed by atoms with van der Waals surface area (Å²) in [5.41, 5.74) is 1.50. The summed E-state index contributed by atoms with van der Waals surface area (Å²) in [7, 11) is 1.56. The summed E-state index contributed by atoms with van der Waals surface area (Å²) in [5, 5.41) is 27.1. The molecule has 35 heavy (non-hydrogen) atoms. The zero-order valence-electron chi connectivity index (χ0n) is 19.8. The summed E-state index contributed by atoms with van der Waals surface area (Å²) >= 11 is 0. The van der Waals surface area contributed by atoms with Crippen molar-refractivity contribution in [3.05, 3.63) is 65.7 Å². The third-order valence-electron chi connectivity index (χ3n) is 6.38. The molecule has 0 spiro atoms. The predicted octanol–water partition coefficient (Wildman–Crippen LogP) is 3.34. The Morgan fingerprint density at radius 2 is 1.86 bits per heavy atom. The van der Waals surface area contributed by atoms with Gasteiger partial charge in [-0.2, -0.15) is 5.26 Å². The number of aliphatic imine (C=N–C) groups is 1. The zero-order chi connectivity index (χ0) is 24.4. The number of amides is 1. The van der Waals surface area contributed by atoms with Gasteiger partial charge >= 0.3 is 0 Å². The summed E-state index contributed by atoms with van der Waals surface area (Å²) in [4.78, 5) is 17.7. The number of methoxy groups -OCH3 is 1. The van der Waals surface area contributed by atoms with E-state index in [0.29, 0.717) is 23.8 Å². The van der Waals surface area contributed by atoms with Gasteiger partial charge in [0.1, 0.15) is 5.75 Å². The number of ether oxygens (including phenoxy) is 1. The van der Waals surface area contributed by atoms with Gasteiger partial charge in [0.15, 0.2) is 6.19 Å². The van der Waals surface area contributed by atoms with E-state index in [2.05, 4.69) is 28.1 Å². The maximum Gasteiger partial charge on any atom is 0.255 e. The molecule has 4 N–H and O–H groups in total. The molecule has 0 aliphatic heterocycles. The number of aliphatic hydroxyl groups is 1. The van der Waals surface area contributed by atoms with Crippen molar-refractivity contribution in [2.45, 2.75) is 57.5 Å². The minimum absolute atomic E-state index is 0. The third kappa shape index (κ3) is 7.20. The van der Waals surface area contributed by atoms with E-state index in [1.165, 1.54) is 5.56 Å². The Labute approximate surface area is 208 Å². The van der Waals surface area contributed by atoms with E-state index in [0.717, 1.165) is 25.7 Å². The van der Waals surface area contributed by atoms with Crippen molar-refractivity contribution in [2.75, 3.05) is 20.3 Å². The highest BCUT2D eigenvalue weighted by molar-refractivity contribution is 5.97. The van der Waals surface area contributed by atoms with Crippen LogP contribution in [0.4, 0.5) is 0 Å². The maximum atomic E-state index is 13.0. The minimum Gasteiger partial charge on any atom is -0.496 e. The topological polar surface area (TPSA) is 119 Å². The van der Waals surface area contributed by atoms with Gasteiger partial charge in [-0.05, 0) is 50.3 Å². The average Bonchev–Trinajstić information content (AvgIpc) is 2.88. The Balaban J connectivity index is 0.00000432. The molecule has 0 saturated heterocycles. The minimum atomic E-state index is -0.211. The highest BCUT2D eigenvalue weighted by Gasteiger charge is 2.37. The molecule has 0 bridgehead atoms. The van der Waals surface area contributed by atoms with Crippen LogP contribution in [0.5, 0.6) is 5.75 Å². The van der Waals surface area contributed by atoms with Gasteiger partial charge in [-0.15, -0.1) is 0 Å². The number of aliphatic hydroxyl groups excluding tert-OH is 1. The molecule has 2 aromatic carbocycles. The molecule has 0 radical (unpaired) electrons. The van der Waals surface area contributed by atoms with Crippen molar-refractivity contribution < 1.29 is 14.6 Å². The largest absolute Gasteiger partial charge is 0.496 e. The number of carbonyl (C=O) groups is 1. The van der Waals surface area contributed by atoms with Gasteiger partial charge in [0.2, 0.25) is 5.96 Å². The van der Waals surface area contributed by atoms with Gasteiger partial charge in [-0.3, -0.25) is 10.1 Å². The van der Waals surface area contributed by atoms with Crippen LogP contribution in [0.3, 0.4) is 0 Å². The lowest BCUT2D eigenvalue weighted by molar-refractivity contribution is 0.0932. The van der Waals surface area contributed by atoms with Gasteiger partial charge in [0.25, 0.3) is 5.91 Å². The number of para-hydroxylation sites is 1. The summed E-state index contributed by atoms with van der Waals surface area (Å²) in [6, 6.07) is 17.3. The van der Waals surface area contributed by atoms with Gasteiger partial charge in [-0.1, -0.05) is 49.9 Å². The van der Waals surface area contributed by atoms with E-state index in [-0.39, 0.29) is 37.4 Å². The Bertz CT molecular complexity index is 1010. The van der Waals surface area contributed by atoms with Crippen LogP contribution < -0.4 is 20.7 Å². The SMILES string of the molecule is C.COc1ccccc1C(=O)NCC1(c2ccccc2)CCC(N=C(NC#N)N[C@@H](C)CO)CC1. The first-order chi connectivity index (χ1) is 16.5. The molecule has 188 valence electrons. The number of benzene rings is 2. The number of nitriles is 1. The molecular weight excluding hydrogens is 442 g/mol. The van der Waals surface area contributed by atoms with E-state index in [9.17, 15) is 9.90 Å². The summed E-state index contributed by atoms with van der Waals surface area (Å²) in [6.45, 7) is 2.27. The lowest BCUT2D eigenvalue weighted by Gasteiger charge is -2.40. The molecule has 1 fully saturated rings. The van der Waals surface area contributed by atoms with Gasteiger partial charge in [-0.25, -0.2) is 4.99 Å². The average molecular weight is 480 g/mol. The van der Waals surface area contributed by atoms with Crippen LogP contribution in [0.1, 0.15) is 56.0 Å². The van der Waals surface area contributed by atoms with Crippen LogP contribution in [0.25, 0.3) is 0 Å². The Morgan fingerprint density at radius 1 is 1.20 bits per heavy atom. The van der Waals surface area contributed by atoms with Crippen LogP contribution in [-0.2, 0) is 5.41 Å². The molecule has 0 heterocycles. The Morgan fingerprint density at radius 3 is 2.49 bits per heavy atom. The lowest BCUT2D eigenvalue weighted by Crippen LogP contribution is -2.45. The van der Waals surface area contributed by atoms with Crippen molar-refractivity contribution >= 4 is 11.9 Å². The Kier molecular flexibility index (Phi) is 10.6. The highest BCUT2D eigenvalue weighted by atomic mass is 16.5. The fourth-order valence-corrected chi connectivity index (χ4v) is 4.44. The maximum absolute atomic E-state index is 13.0. The molecule has 2 aromatic rings. The van der Waals surface area contributed by atoms with Crippen molar-refractivity contribution in [3.8, 4) is 11.9 Å². The molecule has 1 amide bonds. The number of hydrogen-bond donors (Lipinski definition) is 4. The first-order valence-corrected chi connectivity index (χ1v) is 11.6. The van der Waals surface area contributed by atoms with Crippen LogP contribution in [0, 0.1) is 11.5 Å². The number of rotatable bonds is 8. The van der Waals surface area contributed by atoms with Crippen molar-refractivity contribution in [2.24, 2.45) is 4.99 Å². The predicted molar refractivity (Wildman–Crippen MR) is 138 cm³/mol. The first kappa shape index (κ1) is 27.7. The number of hydrogen-bond acceptors (Lipinski definition) is 5. The quantitative estimate of drug-likeness (QED) is 0.200. The molecule has 1 aliphatic rings. The van der Waals surface area contributed by atoms with E-state index in [1.807, 2.05) is 43.4 Å². The standard InChI is InChI=1S/C26H33N5O3.CH4/c1-19(16-32)30-25(29-18-27)31-21-12-14-26(15-13-21,20-8-4-3-5-9-20)17-28-24(33)22-10-6-7-11-23(22)34-2;/h3-11,19,21,32H,12-17H2,1-2H3,(H,28,33)(H2,29,30,31);1H4/t19-,21?,26?;/m0./s1. The zero-order valence-corrected chi connectivity index (χ0v) is 19.8. The molecule has 0 aromatic heterocycles. The number of nitrogens with zero attached hydrogens (tertiary/aromatic N) is 2. The molecule has 8 heteroatoms. The van der Waals surface area contributed by atoms with Gasteiger partial charge in [0, 0.05) is 18.0 Å². The third-order valence-corrected chi connectivity index (χ3v) is 6.38. The molecule has 1 atom stereocenters. The van der Waals surface area contributed by atoms with E-state index in [1.54, 1.807) is 19.2 Å². The molecular formula is C27H37N5O3. The summed E-state index contributed by atoms with van der Waals surface area (Å²) < 4.78 is 5.35. The summed E-state index contributed by atoms with van der Waals surface area (Å²) in [5.74, 6) is 0.773. The molecule has 3 rings (SSSR count). The normalized spacial score (nSPS) is 20.5. The van der Waals surface area contributed by atoms with Gasteiger partial charge in [0.05, 0.1) is 25.3 Å². The van der Waals surface area contributed by atoms with Gasteiger partial charge < -0.3 is 20.5 Å². The number of guanidine groups is 1. The van der Waals surface area contributed by atoms with Crippen LogP contribution >= 0.6 is 0 Å². The summed E-state index contributed by atoms with van der Waals surface area (Å²) in [6.07, 6.45) is 5.21. The van der Waals surface area contributed by atoms with Crippen molar-refractivity contribution in [1.82, 2.24) is 16.0 Å². The first-order valence-electron chi connectivity index (χ1n) is 11.6. The van der Waals surface area contributed by atoms with E-state index in [4.69, 9.17) is 15.0 Å². The van der Waals surface area contributed by atoms with Crippen LogP contribution in [0.2, 0.25) is 0 Å². The second-order valence-corrected chi connectivity index (χ2v) is 8.70. The molecule has 0 unspecified atom stereocenters. The van der Waals surface area contributed by atoms with Crippen LogP contribution in [-0.4, -0.2) is 49.3 Å². The second-order valence-electron chi connectivity index (χ2n) is 8.70. The van der Waals surface area contributed by atoms with E-state index >= 15 is 0 Å². The van der Waals surface area contributed by atoms with Crippen molar-refractivity contribution in [3.63, 3.8) is 0 Å². The smallest absolute Gasteiger partial charge is 0.255 e. The van der Waals surface area contributed by atoms with E-state index < -0.39 is 0 Å². The fraction of sp³-hybridized carbons (Fsp3) is 0.444. The van der Waals surface area contributed by atoms with Crippen molar-refractivity contribution in [1.29, 1.82) is 5.26 Å². The molecule has 8 nitrogen and oxygen atoms in total.